The van der Waals surface area contributed by atoms with Gasteiger partial charge in [-0.15, -0.1) is 0 Å². The van der Waals surface area contributed by atoms with Gasteiger partial charge in [0.15, 0.2) is 0 Å². The molecule has 0 amide bonds. The van der Waals surface area contributed by atoms with E-state index in [2.05, 4.69) is 33.2 Å². The summed E-state index contributed by atoms with van der Waals surface area (Å²) in [5.74, 6) is 1.65. The molecule has 0 spiro atoms. The standard InChI is InChI=1S/C15H17BrN2O/c1-2-8-17-10-12-11-18-9-7-14(12)19-15-6-4-3-5-13(15)16/h3-7,9,11,17H,2,8,10H2,1H3. The summed E-state index contributed by atoms with van der Waals surface area (Å²) >= 11 is 3.49. The van der Waals surface area contributed by atoms with Crippen LogP contribution in [-0.4, -0.2) is 11.5 Å². The average molecular weight is 321 g/mol. The van der Waals surface area contributed by atoms with Crippen molar-refractivity contribution >= 4 is 15.9 Å². The molecule has 4 heteroatoms. The molecule has 0 radical (unpaired) electrons. The van der Waals surface area contributed by atoms with Gasteiger partial charge in [0, 0.05) is 24.5 Å². The minimum absolute atomic E-state index is 0.765. The number of ether oxygens (including phenoxy) is 1. The van der Waals surface area contributed by atoms with Crippen LogP contribution in [0.15, 0.2) is 47.2 Å². The molecule has 0 saturated heterocycles. The number of hydrogen-bond acceptors (Lipinski definition) is 3. The summed E-state index contributed by atoms with van der Waals surface area (Å²) in [5, 5.41) is 3.36. The van der Waals surface area contributed by atoms with Gasteiger partial charge in [-0.1, -0.05) is 19.1 Å². The second-order valence-electron chi connectivity index (χ2n) is 4.19. The van der Waals surface area contributed by atoms with Crippen LogP contribution in [0.3, 0.4) is 0 Å². The number of nitrogens with one attached hydrogen (secondary N) is 1. The summed E-state index contributed by atoms with van der Waals surface area (Å²) in [6.07, 6.45) is 4.70. The van der Waals surface area contributed by atoms with Gasteiger partial charge in [-0.3, -0.25) is 4.98 Å². The molecule has 0 aliphatic carbocycles. The molecule has 19 heavy (non-hydrogen) atoms. The van der Waals surface area contributed by atoms with Crippen molar-refractivity contribution in [1.82, 2.24) is 10.3 Å². The summed E-state index contributed by atoms with van der Waals surface area (Å²) < 4.78 is 6.89. The molecule has 2 aromatic rings. The third-order valence-electron chi connectivity index (χ3n) is 2.66. The van der Waals surface area contributed by atoms with Crippen molar-refractivity contribution in [3.8, 4) is 11.5 Å². The molecule has 0 aliphatic heterocycles. The van der Waals surface area contributed by atoms with Crippen LogP contribution < -0.4 is 10.1 Å². The van der Waals surface area contributed by atoms with Crippen LogP contribution in [0.2, 0.25) is 0 Å². The molecular formula is C15H17BrN2O. The van der Waals surface area contributed by atoms with Gasteiger partial charge < -0.3 is 10.1 Å². The summed E-state index contributed by atoms with van der Waals surface area (Å²) in [5.41, 5.74) is 1.06. The Morgan fingerprint density at radius 3 is 2.84 bits per heavy atom. The Kier molecular flexibility index (Phi) is 5.36. The van der Waals surface area contributed by atoms with Gasteiger partial charge in [-0.2, -0.15) is 0 Å². The first-order valence-electron chi connectivity index (χ1n) is 6.37. The van der Waals surface area contributed by atoms with E-state index in [-0.39, 0.29) is 0 Å². The fourth-order valence-electron chi connectivity index (χ4n) is 1.69. The minimum Gasteiger partial charge on any atom is -0.456 e. The quantitative estimate of drug-likeness (QED) is 0.812. The van der Waals surface area contributed by atoms with E-state index in [4.69, 9.17) is 4.74 Å². The predicted octanol–water partition coefficient (Wildman–Crippen LogP) is 4.14. The monoisotopic (exact) mass is 320 g/mol. The van der Waals surface area contributed by atoms with Gasteiger partial charge >= 0.3 is 0 Å². The second-order valence-corrected chi connectivity index (χ2v) is 5.05. The van der Waals surface area contributed by atoms with Crippen LogP contribution in [0.25, 0.3) is 0 Å². The van der Waals surface area contributed by atoms with Gasteiger partial charge in [0.1, 0.15) is 11.5 Å². The van der Waals surface area contributed by atoms with Gasteiger partial charge in [-0.05, 0) is 47.1 Å². The summed E-state index contributed by atoms with van der Waals surface area (Å²) in [7, 11) is 0. The third kappa shape index (κ3) is 4.04. The third-order valence-corrected chi connectivity index (χ3v) is 3.31. The van der Waals surface area contributed by atoms with E-state index in [1.807, 2.05) is 36.5 Å². The number of aromatic nitrogens is 1. The number of hydrogen-bond donors (Lipinski definition) is 1. The van der Waals surface area contributed by atoms with Crippen LogP contribution in [-0.2, 0) is 6.54 Å². The van der Waals surface area contributed by atoms with Crippen LogP contribution in [0.1, 0.15) is 18.9 Å². The predicted molar refractivity (Wildman–Crippen MR) is 80.5 cm³/mol. The lowest BCUT2D eigenvalue weighted by atomic mass is 10.2. The highest BCUT2D eigenvalue weighted by atomic mass is 79.9. The fourth-order valence-corrected chi connectivity index (χ4v) is 2.06. The molecule has 1 aromatic heterocycles. The lowest BCUT2D eigenvalue weighted by molar-refractivity contribution is 0.469. The first-order valence-corrected chi connectivity index (χ1v) is 7.16. The zero-order chi connectivity index (χ0) is 13.5. The molecule has 3 nitrogen and oxygen atoms in total. The SMILES string of the molecule is CCCNCc1cnccc1Oc1ccccc1Br. The second kappa shape index (κ2) is 7.26. The van der Waals surface area contributed by atoms with Gasteiger partial charge in [0.25, 0.3) is 0 Å². The molecule has 0 fully saturated rings. The number of benzene rings is 1. The van der Waals surface area contributed by atoms with Crippen molar-refractivity contribution in [2.45, 2.75) is 19.9 Å². The lowest BCUT2D eigenvalue weighted by Crippen LogP contribution is -2.14. The van der Waals surface area contributed by atoms with Crippen LogP contribution in [0.5, 0.6) is 11.5 Å². The maximum atomic E-state index is 5.94. The van der Waals surface area contributed by atoms with Crippen molar-refractivity contribution in [3.63, 3.8) is 0 Å². The Bertz CT molecular complexity index is 531. The van der Waals surface area contributed by atoms with Crippen molar-refractivity contribution in [1.29, 1.82) is 0 Å². The molecule has 0 saturated carbocycles. The molecule has 100 valence electrons. The molecule has 0 bridgehead atoms. The molecule has 2 rings (SSSR count). The van der Waals surface area contributed by atoms with E-state index >= 15 is 0 Å². The van der Waals surface area contributed by atoms with E-state index in [9.17, 15) is 0 Å². The van der Waals surface area contributed by atoms with Crippen LogP contribution in [0, 0.1) is 0 Å². The first-order chi connectivity index (χ1) is 9.31. The summed E-state index contributed by atoms with van der Waals surface area (Å²) in [4.78, 5) is 4.16. The summed E-state index contributed by atoms with van der Waals surface area (Å²) in [6.45, 7) is 3.90. The van der Waals surface area contributed by atoms with Crippen molar-refractivity contribution in [3.05, 3.63) is 52.8 Å². The van der Waals surface area contributed by atoms with E-state index in [1.165, 1.54) is 0 Å². The molecule has 0 unspecified atom stereocenters. The maximum absolute atomic E-state index is 5.94. The Labute approximate surface area is 122 Å². The molecule has 0 atom stereocenters. The number of halogens is 1. The smallest absolute Gasteiger partial charge is 0.141 e. The van der Waals surface area contributed by atoms with E-state index < -0.39 is 0 Å². The molecule has 1 aromatic carbocycles. The maximum Gasteiger partial charge on any atom is 0.141 e. The highest BCUT2D eigenvalue weighted by Crippen LogP contribution is 2.30. The van der Waals surface area contributed by atoms with E-state index in [0.29, 0.717) is 0 Å². The highest BCUT2D eigenvalue weighted by molar-refractivity contribution is 9.10. The zero-order valence-electron chi connectivity index (χ0n) is 10.9. The van der Waals surface area contributed by atoms with Crippen molar-refractivity contribution < 1.29 is 4.74 Å². The lowest BCUT2D eigenvalue weighted by Gasteiger charge is -2.12. The Morgan fingerprint density at radius 2 is 2.05 bits per heavy atom. The normalized spacial score (nSPS) is 10.4. The number of rotatable bonds is 6. The molecule has 0 aliphatic rings. The van der Waals surface area contributed by atoms with E-state index in [1.54, 1.807) is 6.20 Å². The number of para-hydroxylation sites is 1. The molecule has 1 heterocycles. The van der Waals surface area contributed by atoms with E-state index in [0.717, 1.165) is 41.0 Å². The molecular weight excluding hydrogens is 304 g/mol. The number of pyridine rings is 1. The number of nitrogens with zero attached hydrogens (tertiary/aromatic N) is 1. The van der Waals surface area contributed by atoms with Crippen LogP contribution >= 0.6 is 15.9 Å². The first kappa shape index (κ1) is 14.0. The van der Waals surface area contributed by atoms with Gasteiger partial charge in [0.2, 0.25) is 0 Å². The van der Waals surface area contributed by atoms with Gasteiger partial charge in [0.05, 0.1) is 4.47 Å². The largest absolute Gasteiger partial charge is 0.456 e. The van der Waals surface area contributed by atoms with Gasteiger partial charge in [-0.25, -0.2) is 0 Å². The van der Waals surface area contributed by atoms with Crippen LogP contribution in [0.4, 0.5) is 0 Å². The topological polar surface area (TPSA) is 34.2 Å². The fraction of sp³-hybridized carbons (Fsp3) is 0.267. The molecule has 1 N–H and O–H groups in total. The summed E-state index contributed by atoms with van der Waals surface area (Å²) in [6, 6.07) is 9.71. The Balaban J connectivity index is 2.13. The zero-order valence-corrected chi connectivity index (χ0v) is 12.5. The van der Waals surface area contributed by atoms with Crippen molar-refractivity contribution in [2.24, 2.45) is 0 Å². The Morgan fingerprint density at radius 1 is 1.21 bits per heavy atom. The highest BCUT2D eigenvalue weighted by Gasteiger charge is 2.06. The Hall–Kier alpha value is -1.39. The van der Waals surface area contributed by atoms with Crippen molar-refractivity contribution in [2.75, 3.05) is 6.54 Å². The minimum atomic E-state index is 0.765. The average Bonchev–Trinajstić information content (AvgIpc) is 2.43.